The summed E-state index contributed by atoms with van der Waals surface area (Å²) in [5.41, 5.74) is 1.23. The highest BCUT2D eigenvalue weighted by atomic mass is 16.5. The fourth-order valence-corrected chi connectivity index (χ4v) is 1.76. The average molecular weight is 256 g/mol. The molecule has 0 spiro atoms. The summed E-state index contributed by atoms with van der Waals surface area (Å²) in [5.74, 6) is 0.557. The van der Waals surface area contributed by atoms with Gasteiger partial charge in [-0.2, -0.15) is 0 Å². The predicted octanol–water partition coefficient (Wildman–Crippen LogP) is 2.94. The summed E-state index contributed by atoms with van der Waals surface area (Å²) in [7, 11) is 1.62. The molecule has 0 radical (unpaired) electrons. The summed E-state index contributed by atoms with van der Waals surface area (Å²) in [4.78, 5) is 12.4. The van der Waals surface area contributed by atoms with Gasteiger partial charge in [0.15, 0.2) is 5.78 Å². The van der Waals surface area contributed by atoms with Crippen molar-refractivity contribution >= 4 is 5.78 Å². The maximum absolute atomic E-state index is 12.4. The topological polar surface area (TPSA) is 35.5 Å². The van der Waals surface area contributed by atoms with Crippen molar-refractivity contribution in [2.45, 2.75) is 0 Å². The molecule has 0 aliphatic rings. The Balaban J connectivity index is 2.22. The van der Waals surface area contributed by atoms with Gasteiger partial charge in [-0.05, 0) is 12.1 Å². The lowest BCUT2D eigenvalue weighted by atomic mass is 10.0. The lowest BCUT2D eigenvalue weighted by Gasteiger charge is -2.10. The molecule has 0 aliphatic carbocycles. The van der Waals surface area contributed by atoms with Crippen LogP contribution in [0.2, 0.25) is 0 Å². The van der Waals surface area contributed by atoms with E-state index in [9.17, 15) is 4.79 Å². The maximum Gasteiger partial charge on any atom is 0.196 e. The fourth-order valence-electron chi connectivity index (χ4n) is 1.76. The largest absolute Gasteiger partial charge is 0.490 e. The molecular weight excluding hydrogens is 240 g/mol. The van der Waals surface area contributed by atoms with Gasteiger partial charge in [0.05, 0.1) is 12.2 Å². The molecule has 0 N–H and O–H groups in total. The summed E-state index contributed by atoms with van der Waals surface area (Å²) >= 11 is 0. The van der Waals surface area contributed by atoms with E-state index in [4.69, 9.17) is 9.47 Å². The Labute approximate surface area is 112 Å². The second-order valence-corrected chi connectivity index (χ2v) is 4.03. The molecule has 3 nitrogen and oxygen atoms in total. The summed E-state index contributed by atoms with van der Waals surface area (Å²) in [5, 5.41) is 0. The van der Waals surface area contributed by atoms with Crippen LogP contribution in [0.1, 0.15) is 15.9 Å². The number of methoxy groups -OCH3 is 1. The summed E-state index contributed by atoms with van der Waals surface area (Å²) in [6, 6.07) is 16.4. The number of ketones is 1. The first-order valence-corrected chi connectivity index (χ1v) is 6.13. The zero-order valence-corrected chi connectivity index (χ0v) is 10.8. The quantitative estimate of drug-likeness (QED) is 0.589. The number of ether oxygens (including phenoxy) is 2. The van der Waals surface area contributed by atoms with E-state index >= 15 is 0 Å². The average Bonchev–Trinajstić information content (AvgIpc) is 2.48. The normalized spacial score (nSPS) is 10.2. The van der Waals surface area contributed by atoms with Crippen LogP contribution in [0.15, 0.2) is 54.6 Å². The van der Waals surface area contributed by atoms with Gasteiger partial charge in [-0.1, -0.05) is 42.5 Å². The molecule has 0 amide bonds. The van der Waals surface area contributed by atoms with E-state index in [0.29, 0.717) is 30.1 Å². The van der Waals surface area contributed by atoms with Gasteiger partial charge in [-0.3, -0.25) is 4.79 Å². The molecular formula is C16H16O3. The number of benzene rings is 2. The van der Waals surface area contributed by atoms with E-state index in [2.05, 4.69) is 0 Å². The first-order valence-electron chi connectivity index (χ1n) is 6.13. The fraction of sp³-hybridized carbons (Fsp3) is 0.188. The Bertz CT molecular complexity index is 535. The predicted molar refractivity (Wildman–Crippen MR) is 73.7 cm³/mol. The molecule has 0 heterocycles. The summed E-state index contributed by atoms with van der Waals surface area (Å²) in [6.07, 6.45) is 0. The minimum Gasteiger partial charge on any atom is -0.490 e. The van der Waals surface area contributed by atoms with Crippen LogP contribution < -0.4 is 4.74 Å². The third-order valence-corrected chi connectivity index (χ3v) is 2.71. The molecule has 0 aromatic heterocycles. The van der Waals surface area contributed by atoms with Crippen molar-refractivity contribution in [1.29, 1.82) is 0 Å². The van der Waals surface area contributed by atoms with Crippen LogP contribution >= 0.6 is 0 Å². The van der Waals surface area contributed by atoms with E-state index in [1.165, 1.54) is 0 Å². The van der Waals surface area contributed by atoms with E-state index < -0.39 is 0 Å². The maximum atomic E-state index is 12.4. The van der Waals surface area contributed by atoms with Crippen molar-refractivity contribution in [2.75, 3.05) is 20.3 Å². The smallest absolute Gasteiger partial charge is 0.196 e. The van der Waals surface area contributed by atoms with Crippen LogP contribution in [0.5, 0.6) is 5.75 Å². The lowest BCUT2D eigenvalue weighted by molar-refractivity contribution is 0.103. The molecule has 98 valence electrons. The van der Waals surface area contributed by atoms with Gasteiger partial charge < -0.3 is 9.47 Å². The Morgan fingerprint density at radius 2 is 1.63 bits per heavy atom. The molecule has 0 saturated heterocycles. The molecule has 3 heteroatoms. The zero-order valence-electron chi connectivity index (χ0n) is 10.8. The Morgan fingerprint density at radius 1 is 0.947 bits per heavy atom. The summed E-state index contributed by atoms with van der Waals surface area (Å²) < 4.78 is 10.5. The first-order chi connectivity index (χ1) is 9.33. The number of rotatable bonds is 6. The molecule has 19 heavy (non-hydrogen) atoms. The van der Waals surface area contributed by atoms with Crippen molar-refractivity contribution < 1.29 is 14.3 Å². The van der Waals surface area contributed by atoms with E-state index in [0.717, 1.165) is 0 Å². The van der Waals surface area contributed by atoms with Gasteiger partial charge in [0, 0.05) is 12.7 Å². The number of para-hydroxylation sites is 1. The van der Waals surface area contributed by atoms with E-state index in [-0.39, 0.29) is 5.78 Å². The Hall–Kier alpha value is -2.13. The highest BCUT2D eigenvalue weighted by Gasteiger charge is 2.13. The highest BCUT2D eigenvalue weighted by Crippen LogP contribution is 2.21. The SMILES string of the molecule is COCCOc1ccccc1C(=O)c1ccccc1. The first kappa shape index (κ1) is 13.3. The van der Waals surface area contributed by atoms with Crippen molar-refractivity contribution in [1.82, 2.24) is 0 Å². The van der Waals surface area contributed by atoms with Crippen LogP contribution in [0.4, 0.5) is 0 Å². The van der Waals surface area contributed by atoms with Gasteiger partial charge in [0.2, 0.25) is 0 Å². The van der Waals surface area contributed by atoms with Crippen molar-refractivity contribution in [2.24, 2.45) is 0 Å². The number of carbonyl (C=O) groups excluding carboxylic acids is 1. The molecule has 0 atom stereocenters. The van der Waals surface area contributed by atoms with Gasteiger partial charge >= 0.3 is 0 Å². The van der Waals surface area contributed by atoms with Crippen molar-refractivity contribution in [3.63, 3.8) is 0 Å². The van der Waals surface area contributed by atoms with Gasteiger partial charge in [0.1, 0.15) is 12.4 Å². The van der Waals surface area contributed by atoms with Gasteiger partial charge in [0.25, 0.3) is 0 Å². The Kier molecular flexibility index (Phi) is 4.70. The summed E-state index contributed by atoms with van der Waals surface area (Å²) in [6.45, 7) is 0.920. The van der Waals surface area contributed by atoms with Crippen molar-refractivity contribution in [3.05, 3.63) is 65.7 Å². The number of hydrogen-bond acceptors (Lipinski definition) is 3. The number of carbonyl (C=O) groups is 1. The van der Waals surface area contributed by atoms with Crippen LogP contribution in [0, 0.1) is 0 Å². The van der Waals surface area contributed by atoms with Crippen LogP contribution in [-0.4, -0.2) is 26.1 Å². The molecule has 2 aromatic rings. The zero-order chi connectivity index (χ0) is 13.5. The second-order valence-electron chi connectivity index (χ2n) is 4.03. The highest BCUT2D eigenvalue weighted by molar-refractivity contribution is 6.10. The monoisotopic (exact) mass is 256 g/mol. The Morgan fingerprint density at radius 3 is 2.37 bits per heavy atom. The molecule has 0 fully saturated rings. The number of hydrogen-bond donors (Lipinski definition) is 0. The molecule has 0 bridgehead atoms. The molecule has 0 aliphatic heterocycles. The van der Waals surface area contributed by atoms with Gasteiger partial charge in [-0.25, -0.2) is 0 Å². The van der Waals surface area contributed by atoms with Crippen LogP contribution in [-0.2, 0) is 4.74 Å². The van der Waals surface area contributed by atoms with Gasteiger partial charge in [-0.15, -0.1) is 0 Å². The van der Waals surface area contributed by atoms with E-state index in [1.807, 2.05) is 30.3 Å². The third kappa shape index (κ3) is 3.42. The lowest BCUT2D eigenvalue weighted by Crippen LogP contribution is -2.09. The minimum absolute atomic E-state index is 0.0337. The molecule has 2 rings (SSSR count). The molecule has 2 aromatic carbocycles. The van der Waals surface area contributed by atoms with Crippen LogP contribution in [0.3, 0.4) is 0 Å². The van der Waals surface area contributed by atoms with Crippen LogP contribution in [0.25, 0.3) is 0 Å². The van der Waals surface area contributed by atoms with E-state index in [1.54, 1.807) is 31.4 Å². The van der Waals surface area contributed by atoms with Crippen molar-refractivity contribution in [3.8, 4) is 5.75 Å². The minimum atomic E-state index is -0.0337. The second kappa shape index (κ2) is 6.71. The molecule has 0 saturated carbocycles. The third-order valence-electron chi connectivity index (χ3n) is 2.71. The molecule has 0 unspecified atom stereocenters. The standard InChI is InChI=1S/C16H16O3/c1-18-11-12-19-15-10-6-5-9-14(15)16(17)13-7-3-2-4-8-13/h2-10H,11-12H2,1H3.